The molecule has 1 aliphatic heterocycles. The number of nitrogens with zero attached hydrogens (tertiary/aromatic N) is 2. The topological polar surface area (TPSA) is 32.5 Å². The second-order valence-electron chi connectivity index (χ2n) is 4.51. The predicted molar refractivity (Wildman–Crippen MR) is 56.8 cm³/mol. The first kappa shape index (κ1) is 11.0. The fourth-order valence-corrected chi connectivity index (χ4v) is 1.54. The molecule has 1 fully saturated rings. The van der Waals surface area contributed by atoms with Crippen LogP contribution in [-0.4, -0.2) is 55.6 Å². The summed E-state index contributed by atoms with van der Waals surface area (Å²) in [6, 6.07) is 0.336. The number of hydrogen-bond acceptors (Lipinski definition) is 3. The van der Waals surface area contributed by atoms with Gasteiger partial charge < -0.3 is 10.6 Å². The molecule has 78 valence electrons. The van der Waals surface area contributed by atoms with Crippen LogP contribution in [0.5, 0.6) is 0 Å². The highest BCUT2D eigenvalue weighted by Gasteiger charge is 2.17. The summed E-state index contributed by atoms with van der Waals surface area (Å²) in [7, 11) is 2.18. The van der Waals surface area contributed by atoms with Gasteiger partial charge in [0.05, 0.1) is 0 Å². The molecule has 1 saturated heterocycles. The molecule has 0 aromatic carbocycles. The van der Waals surface area contributed by atoms with Crippen LogP contribution in [0.1, 0.15) is 13.8 Å². The molecule has 0 bridgehead atoms. The van der Waals surface area contributed by atoms with E-state index in [0.29, 0.717) is 12.0 Å². The van der Waals surface area contributed by atoms with E-state index in [4.69, 9.17) is 5.73 Å². The Morgan fingerprint density at radius 3 is 2.15 bits per heavy atom. The van der Waals surface area contributed by atoms with Crippen LogP contribution in [0.3, 0.4) is 0 Å². The van der Waals surface area contributed by atoms with Gasteiger partial charge in [-0.25, -0.2) is 0 Å². The van der Waals surface area contributed by atoms with Crippen molar-refractivity contribution >= 4 is 0 Å². The van der Waals surface area contributed by atoms with E-state index in [9.17, 15) is 0 Å². The van der Waals surface area contributed by atoms with Gasteiger partial charge in [0.15, 0.2) is 0 Å². The monoisotopic (exact) mass is 185 g/mol. The SMILES string of the molecule is CC(C)[C@@H](N)CN1CCN(C)CC1. The highest BCUT2D eigenvalue weighted by molar-refractivity contribution is 4.75. The minimum atomic E-state index is 0.336. The van der Waals surface area contributed by atoms with Gasteiger partial charge in [0, 0.05) is 38.8 Å². The molecule has 0 radical (unpaired) electrons. The van der Waals surface area contributed by atoms with Crippen LogP contribution in [0.15, 0.2) is 0 Å². The number of likely N-dealkylation sites (N-methyl/N-ethyl adjacent to an activating group) is 1. The van der Waals surface area contributed by atoms with Crippen LogP contribution in [0.4, 0.5) is 0 Å². The normalized spacial score (nSPS) is 23.8. The Morgan fingerprint density at radius 1 is 1.15 bits per heavy atom. The van der Waals surface area contributed by atoms with E-state index in [0.717, 1.165) is 6.54 Å². The lowest BCUT2D eigenvalue weighted by molar-refractivity contribution is 0.141. The number of nitrogens with two attached hydrogens (primary N) is 1. The zero-order valence-corrected chi connectivity index (χ0v) is 9.16. The van der Waals surface area contributed by atoms with Crippen LogP contribution in [0.25, 0.3) is 0 Å². The summed E-state index contributed by atoms with van der Waals surface area (Å²) >= 11 is 0. The Morgan fingerprint density at radius 2 is 1.69 bits per heavy atom. The van der Waals surface area contributed by atoms with Crippen molar-refractivity contribution in [1.82, 2.24) is 9.80 Å². The van der Waals surface area contributed by atoms with Crippen LogP contribution < -0.4 is 5.73 Å². The smallest absolute Gasteiger partial charge is 0.0191 e. The van der Waals surface area contributed by atoms with Gasteiger partial charge in [-0.1, -0.05) is 13.8 Å². The molecular weight excluding hydrogens is 162 g/mol. The van der Waals surface area contributed by atoms with Crippen LogP contribution in [-0.2, 0) is 0 Å². The summed E-state index contributed by atoms with van der Waals surface area (Å²) in [6.07, 6.45) is 0. The van der Waals surface area contributed by atoms with Gasteiger partial charge in [0.2, 0.25) is 0 Å². The van der Waals surface area contributed by atoms with Crippen molar-refractivity contribution in [2.24, 2.45) is 11.7 Å². The molecule has 13 heavy (non-hydrogen) atoms. The third kappa shape index (κ3) is 3.63. The van der Waals surface area contributed by atoms with E-state index in [2.05, 4.69) is 30.7 Å². The maximum Gasteiger partial charge on any atom is 0.0191 e. The summed E-state index contributed by atoms with van der Waals surface area (Å²) in [5, 5.41) is 0. The van der Waals surface area contributed by atoms with E-state index >= 15 is 0 Å². The third-order valence-electron chi connectivity index (χ3n) is 2.92. The van der Waals surface area contributed by atoms with E-state index in [1.807, 2.05) is 0 Å². The first-order valence-corrected chi connectivity index (χ1v) is 5.26. The van der Waals surface area contributed by atoms with Gasteiger partial charge in [-0.2, -0.15) is 0 Å². The second kappa shape index (κ2) is 4.94. The van der Waals surface area contributed by atoms with Gasteiger partial charge in [-0.05, 0) is 13.0 Å². The summed E-state index contributed by atoms with van der Waals surface area (Å²) in [4.78, 5) is 4.85. The van der Waals surface area contributed by atoms with E-state index in [1.165, 1.54) is 26.2 Å². The molecule has 2 N–H and O–H groups in total. The van der Waals surface area contributed by atoms with Gasteiger partial charge in [0.25, 0.3) is 0 Å². The van der Waals surface area contributed by atoms with Crippen LogP contribution in [0, 0.1) is 5.92 Å². The molecule has 3 nitrogen and oxygen atoms in total. The molecule has 1 atom stereocenters. The van der Waals surface area contributed by atoms with Crippen molar-refractivity contribution in [3.8, 4) is 0 Å². The summed E-state index contributed by atoms with van der Waals surface area (Å²) in [6.45, 7) is 10.2. The second-order valence-corrected chi connectivity index (χ2v) is 4.51. The first-order valence-electron chi connectivity index (χ1n) is 5.26. The van der Waals surface area contributed by atoms with Crippen molar-refractivity contribution in [3.63, 3.8) is 0 Å². The third-order valence-corrected chi connectivity index (χ3v) is 2.92. The quantitative estimate of drug-likeness (QED) is 0.682. The lowest BCUT2D eigenvalue weighted by atomic mass is 10.0. The van der Waals surface area contributed by atoms with E-state index in [1.54, 1.807) is 0 Å². The van der Waals surface area contributed by atoms with Crippen molar-refractivity contribution in [2.75, 3.05) is 39.8 Å². The summed E-state index contributed by atoms with van der Waals surface area (Å²) < 4.78 is 0. The maximum atomic E-state index is 6.03. The average molecular weight is 185 g/mol. The largest absolute Gasteiger partial charge is 0.326 e. The molecule has 0 saturated carbocycles. The van der Waals surface area contributed by atoms with Gasteiger partial charge >= 0.3 is 0 Å². The van der Waals surface area contributed by atoms with Crippen molar-refractivity contribution in [2.45, 2.75) is 19.9 Å². The average Bonchev–Trinajstić information content (AvgIpc) is 2.08. The minimum absolute atomic E-state index is 0.336. The van der Waals surface area contributed by atoms with Gasteiger partial charge in [-0.15, -0.1) is 0 Å². The van der Waals surface area contributed by atoms with E-state index in [-0.39, 0.29) is 0 Å². The Hall–Kier alpha value is -0.120. The molecule has 0 amide bonds. The minimum Gasteiger partial charge on any atom is -0.326 e. The molecule has 0 aromatic rings. The zero-order chi connectivity index (χ0) is 9.84. The van der Waals surface area contributed by atoms with Gasteiger partial charge in [-0.3, -0.25) is 4.90 Å². The molecule has 0 spiro atoms. The lowest BCUT2D eigenvalue weighted by Gasteiger charge is -2.34. The predicted octanol–water partition coefficient (Wildman–Crippen LogP) is 0.217. The molecule has 0 unspecified atom stereocenters. The molecule has 0 aromatic heterocycles. The molecule has 0 aliphatic carbocycles. The molecule has 1 aliphatic rings. The highest BCUT2D eigenvalue weighted by Crippen LogP contribution is 2.04. The molecule has 3 heteroatoms. The van der Waals surface area contributed by atoms with Crippen molar-refractivity contribution < 1.29 is 0 Å². The standard InChI is InChI=1S/C10H23N3/c1-9(2)10(11)8-13-6-4-12(3)5-7-13/h9-10H,4-8,11H2,1-3H3/t10-/m0/s1. The maximum absolute atomic E-state index is 6.03. The fourth-order valence-electron chi connectivity index (χ4n) is 1.54. The van der Waals surface area contributed by atoms with Crippen molar-refractivity contribution in [3.05, 3.63) is 0 Å². The zero-order valence-electron chi connectivity index (χ0n) is 9.16. The number of rotatable bonds is 3. The molecular formula is C10H23N3. The summed E-state index contributed by atoms with van der Waals surface area (Å²) in [5.41, 5.74) is 6.03. The summed E-state index contributed by atoms with van der Waals surface area (Å²) in [5.74, 6) is 0.597. The van der Waals surface area contributed by atoms with E-state index < -0.39 is 0 Å². The van der Waals surface area contributed by atoms with Crippen LogP contribution in [0.2, 0.25) is 0 Å². The van der Waals surface area contributed by atoms with Crippen LogP contribution >= 0.6 is 0 Å². The fraction of sp³-hybridized carbons (Fsp3) is 1.00. The number of piperazine rings is 1. The number of hydrogen-bond donors (Lipinski definition) is 1. The molecule has 1 heterocycles. The molecule has 1 rings (SSSR count). The Balaban J connectivity index is 2.22. The Kier molecular flexibility index (Phi) is 4.16. The Bertz CT molecular complexity index is 139. The first-order chi connectivity index (χ1) is 6.09. The lowest BCUT2D eigenvalue weighted by Crippen LogP contribution is -2.49. The Labute approximate surface area is 81.9 Å². The van der Waals surface area contributed by atoms with Crippen molar-refractivity contribution in [1.29, 1.82) is 0 Å². The van der Waals surface area contributed by atoms with Gasteiger partial charge in [0.1, 0.15) is 0 Å². The highest BCUT2D eigenvalue weighted by atomic mass is 15.2.